The van der Waals surface area contributed by atoms with Crippen LogP contribution in [0.25, 0.3) is 0 Å². The number of hydrogen-bond donors (Lipinski definition) is 0. The predicted molar refractivity (Wildman–Crippen MR) is 108 cm³/mol. The number of benzene rings is 1. The fourth-order valence-corrected chi connectivity index (χ4v) is 4.74. The van der Waals surface area contributed by atoms with E-state index < -0.39 is 6.04 Å². The predicted octanol–water partition coefficient (Wildman–Crippen LogP) is 3.62. The van der Waals surface area contributed by atoms with Gasteiger partial charge in [-0.25, -0.2) is 9.69 Å². The molecule has 0 unspecified atom stereocenters. The second-order valence-corrected chi connectivity index (χ2v) is 8.38. The van der Waals surface area contributed by atoms with Crippen molar-refractivity contribution in [3.63, 3.8) is 0 Å². The van der Waals surface area contributed by atoms with Gasteiger partial charge in [0.1, 0.15) is 12.6 Å². The van der Waals surface area contributed by atoms with Crippen LogP contribution in [0.1, 0.15) is 44.2 Å². The smallest absolute Gasteiger partial charge is 0.312 e. The van der Waals surface area contributed by atoms with Crippen molar-refractivity contribution in [1.82, 2.24) is 9.80 Å². The van der Waals surface area contributed by atoms with Crippen LogP contribution in [-0.4, -0.2) is 52.8 Å². The van der Waals surface area contributed by atoms with Gasteiger partial charge in [-0.15, -0.1) is 0 Å². The maximum atomic E-state index is 13.3. The standard InChI is InChI=1S/C20H26BrN3O3/c1-5-14(4)23-11-17(25)24(20(23)27)16-7-6-8-22(19(16)26)18-12(2)9-15(21)10-13(18)3/h9-10,14,16H,5-8,11H2,1-4H3/t14-,16-/m0/s1. The Morgan fingerprint density at radius 1 is 1.19 bits per heavy atom. The summed E-state index contributed by atoms with van der Waals surface area (Å²) in [7, 11) is 0. The molecular formula is C20H26BrN3O3. The summed E-state index contributed by atoms with van der Waals surface area (Å²) in [5.41, 5.74) is 2.87. The molecule has 0 aliphatic carbocycles. The van der Waals surface area contributed by atoms with Gasteiger partial charge in [-0.05, 0) is 63.3 Å². The van der Waals surface area contributed by atoms with Crippen molar-refractivity contribution in [2.75, 3.05) is 18.0 Å². The van der Waals surface area contributed by atoms with Gasteiger partial charge in [-0.2, -0.15) is 0 Å². The van der Waals surface area contributed by atoms with E-state index in [1.54, 1.807) is 9.80 Å². The third-order valence-corrected chi connectivity index (χ3v) is 6.05. The molecule has 2 saturated heterocycles. The van der Waals surface area contributed by atoms with E-state index in [1.165, 1.54) is 4.90 Å². The zero-order chi connectivity index (χ0) is 19.9. The Kier molecular flexibility index (Phi) is 5.60. The minimum absolute atomic E-state index is 0.0165. The molecule has 7 heteroatoms. The summed E-state index contributed by atoms with van der Waals surface area (Å²) in [6.45, 7) is 8.52. The fourth-order valence-electron chi connectivity index (χ4n) is 4.05. The van der Waals surface area contributed by atoms with Crippen molar-refractivity contribution in [2.45, 2.75) is 59.0 Å². The Labute approximate surface area is 168 Å². The maximum Gasteiger partial charge on any atom is 0.328 e. The lowest BCUT2D eigenvalue weighted by Gasteiger charge is -2.37. The Hall–Kier alpha value is -1.89. The molecule has 3 rings (SSSR count). The third kappa shape index (κ3) is 3.49. The average molecular weight is 436 g/mol. The Morgan fingerprint density at radius 3 is 2.41 bits per heavy atom. The van der Waals surface area contributed by atoms with Crippen molar-refractivity contribution < 1.29 is 14.4 Å². The van der Waals surface area contributed by atoms with Crippen LogP contribution in [0.2, 0.25) is 0 Å². The second-order valence-electron chi connectivity index (χ2n) is 7.47. The minimum Gasteiger partial charge on any atom is -0.312 e. The molecule has 2 atom stereocenters. The monoisotopic (exact) mass is 435 g/mol. The number of amides is 4. The van der Waals surface area contributed by atoms with E-state index in [4.69, 9.17) is 0 Å². The number of aryl methyl sites for hydroxylation is 2. The molecule has 4 amide bonds. The van der Waals surface area contributed by atoms with Crippen LogP contribution >= 0.6 is 15.9 Å². The molecular weight excluding hydrogens is 410 g/mol. The van der Waals surface area contributed by atoms with E-state index in [9.17, 15) is 14.4 Å². The van der Waals surface area contributed by atoms with E-state index in [-0.39, 0.29) is 30.4 Å². The molecule has 1 aromatic carbocycles. The molecule has 2 fully saturated rings. The number of halogens is 1. The number of rotatable bonds is 4. The van der Waals surface area contributed by atoms with Crippen LogP contribution in [0.4, 0.5) is 10.5 Å². The molecule has 0 saturated carbocycles. The normalized spacial score (nSPS) is 22.0. The van der Waals surface area contributed by atoms with Crippen LogP contribution in [-0.2, 0) is 9.59 Å². The van der Waals surface area contributed by atoms with Gasteiger partial charge in [0, 0.05) is 22.7 Å². The molecule has 0 aromatic heterocycles. The van der Waals surface area contributed by atoms with Gasteiger partial charge in [0.2, 0.25) is 5.91 Å². The van der Waals surface area contributed by atoms with Gasteiger partial charge in [0.05, 0.1) is 0 Å². The molecule has 0 spiro atoms. The van der Waals surface area contributed by atoms with E-state index in [2.05, 4.69) is 15.9 Å². The lowest BCUT2D eigenvalue weighted by molar-refractivity contribution is -0.134. The van der Waals surface area contributed by atoms with Crippen molar-refractivity contribution >= 4 is 39.5 Å². The van der Waals surface area contributed by atoms with Crippen LogP contribution in [0, 0.1) is 13.8 Å². The van der Waals surface area contributed by atoms with Crippen LogP contribution < -0.4 is 4.90 Å². The molecule has 6 nitrogen and oxygen atoms in total. The lowest BCUT2D eigenvalue weighted by Crippen LogP contribution is -2.55. The molecule has 0 bridgehead atoms. The maximum absolute atomic E-state index is 13.3. The number of imide groups is 1. The Morgan fingerprint density at radius 2 is 1.81 bits per heavy atom. The number of urea groups is 1. The van der Waals surface area contributed by atoms with Gasteiger partial charge in [0.15, 0.2) is 0 Å². The highest BCUT2D eigenvalue weighted by molar-refractivity contribution is 9.10. The molecule has 27 heavy (non-hydrogen) atoms. The fraction of sp³-hybridized carbons (Fsp3) is 0.550. The van der Waals surface area contributed by atoms with Gasteiger partial charge >= 0.3 is 6.03 Å². The zero-order valence-corrected chi connectivity index (χ0v) is 17.9. The summed E-state index contributed by atoms with van der Waals surface area (Å²) in [5.74, 6) is -0.438. The second kappa shape index (κ2) is 7.62. The van der Waals surface area contributed by atoms with Crippen LogP contribution in [0.3, 0.4) is 0 Å². The van der Waals surface area contributed by atoms with Crippen molar-refractivity contribution in [3.05, 3.63) is 27.7 Å². The first-order chi connectivity index (χ1) is 12.8. The third-order valence-electron chi connectivity index (χ3n) is 5.60. The zero-order valence-electron chi connectivity index (χ0n) is 16.3. The Bertz CT molecular complexity index is 772. The largest absolute Gasteiger partial charge is 0.328 e. The van der Waals surface area contributed by atoms with Gasteiger partial charge in [0.25, 0.3) is 5.91 Å². The molecule has 2 aliphatic rings. The number of carbonyl (C=O) groups excluding carboxylic acids is 3. The van der Waals surface area contributed by atoms with E-state index in [0.29, 0.717) is 13.0 Å². The topological polar surface area (TPSA) is 60.9 Å². The highest BCUT2D eigenvalue weighted by atomic mass is 79.9. The SMILES string of the molecule is CC[C@H](C)N1CC(=O)N([C@H]2CCCN(c3c(C)cc(Br)cc3C)C2=O)C1=O. The molecule has 0 radical (unpaired) electrons. The van der Waals surface area contributed by atoms with Gasteiger partial charge < -0.3 is 9.80 Å². The number of nitrogens with zero attached hydrogens (tertiary/aromatic N) is 3. The van der Waals surface area contributed by atoms with Crippen LogP contribution in [0.5, 0.6) is 0 Å². The summed E-state index contributed by atoms with van der Waals surface area (Å²) < 4.78 is 0.969. The first-order valence-electron chi connectivity index (χ1n) is 9.47. The first kappa shape index (κ1) is 19.9. The molecule has 2 aliphatic heterocycles. The summed E-state index contributed by atoms with van der Waals surface area (Å²) >= 11 is 3.49. The molecule has 2 heterocycles. The summed E-state index contributed by atoms with van der Waals surface area (Å²) in [6.07, 6.45) is 2.05. The average Bonchev–Trinajstić information content (AvgIpc) is 2.89. The first-order valence-corrected chi connectivity index (χ1v) is 10.3. The van der Waals surface area contributed by atoms with Crippen molar-refractivity contribution in [3.8, 4) is 0 Å². The summed E-state index contributed by atoms with van der Waals surface area (Å²) in [5, 5.41) is 0. The van der Waals surface area contributed by atoms with Gasteiger partial charge in [-0.1, -0.05) is 22.9 Å². The van der Waals surface area contributed by atoms with Crippen LogP contribution in [0.15, 0.2) is 16.6 Å². The van der Waals surface area contributed by atoms with E-state index in [0.717, 1.165) is 34.1 Å². The molecule has 0 N–H and O–H groups in total. The Balaban J connectivity index is 1.90. The molecule has 1 aromatic rings. The number of carbonyl (C=O) groups is 3. The number of piperidine rings is 1. The van der Waals surface area contributed by atoms with Gasteiger partial charge in [-0.3, -0.25) is 9.59 Å². The minimum atomic E-state index is -0.713. The molecule has 146 valence electrons. The lowest BCUT2D eigenvalue weighted by atomic mass is 9.99. The number of hydrogen-bond acceptors (Lipinski definition) is 3. The summed E-state index contributed by atoms with van der Waals surface area (Å²) in [4.78, 5) is 43.2. The summed E-state index contributed by atoms with van der Waals surface area (Å²) in [6, 6.07) is 2.90. The highest BCUT2D eigenvalue weighted by Gasteiger charge is 2.46. The van der Waals surface area contributed by atoms with Crippen molar-refractivity contribution in [1.29, 1.82) is 0 Å². The van der Waals surface area contributed by atoms with Crippen molar-refractivity contribution in [2.24, 2.45) is 0 Å². The number of anilines is 1. The highest BCUT2D eigenvalue weighted by Crippen LogP contribution is 2.33. The van der Waals surface area contributed by atoms with E-state index in [1.807, 2.05) is 39.8 Å². The van der Waals surface area contributed by atoms with E-state index >= 15 is 0 Å². The quantitative estimate of drug-likeness (QED) is 0.678.